The van der Waals surface area contributed by atoms with Gasteiger partial charge in [-0.3, -0.25) is 14.6 Å². The number of carbonyl (C=O) groups is 1. The molecular weight excluding hydrogens is 504 g/mol. The molecule has 38 heavy (non-hydrogen) atoms. The second kappa shape index (κ2) is 10.9. The molecule has 1 amide bonds. The number of amides is 1. The summed E-state index contributed by atoms with van der Waals surface area (Å²) in [6, 6.07) is 11.8. The molecule has 2 aromatic carbocycles. The summed E-state index contributed by atoms with van der Waals surface area (Å²) < 4.78 is 17.7. The molecule has 7 nitrogen and oxygen atoms in total. The fourth-order valence-corrected chi connectivity index (χ4v) is 5.01. The van der Waals surface area contributed by atoms with E-state index in [4.69, 9.17) is 25.5 Å². The summed E-state index contributed by atoms with van der Waals surface area (Å²) in [5.74, 6) is 0.824. The number of ether oxygens (including phenoxy) is 2. The highest BCUT2D eigenvalue weighted by atomic mass is 35.5. The van der Waals surface area contributed by atoms with Gasteiger partial charge in [0.25, 0.3) is 5.91 Å². The number of fused-ring (bicyclic) bond motifs is 2. The van der Waals surface area contributed by atoms with Crippen LogP contribution in [0.4, 0.5) is 0 Å². The number of hydrogen-bond acceptors (Lipinski definition) is 6. The van der Waals surface area contributed by atoms with Gasteiger partial charge in [-0.05, 0) is 60.4 Å². The first-order valence-corrected chi connectivity index (χ1v) is 13.1. The van der Waals surface area contributed by atoms with Crippen molar-refractivity contribution in [3.05, 3.63) is 98.1 Å². The minimum atomic E-state index is -0.693. The van der Waals surface area contributed by atoms with Crippen LogP contribution in [0.1, 0.15) is 65.0 Å². The predicted molar refractivity (Wildman–Crippen MR) is 146 cm³/mol. The highest BCUT2D eigenvalue weighted by Crippen LogP contribution is 2.42. The molecule has 1 unspecified atom stereocenters. The van der Waals surface area contributed by atoms with Gasteiger partial charge in [0.05, 0.1) is 30.7 Å². The third-order valence-corrected chi connectivity index (χ3v) is 7.24. The zero-order valence-electron chi connectivity index (χ0n) is 21.6. The summed E-state index contributed by atoms with van der Waals surface area (Å²) in [5, 5.41) is 0.798. The first-order valence-electron chi connectivity index (χ1n) is 12.7. The fraction of sp³-hybridized carbons (Fsp3) is 0.300. The Morgan fingerprint density at radius 2 is 1.95 bits per heavy atom. The van der Waals surface area contributed by atoms with Crippen molar-refractivity contribution in [3.8, 4) is 11.5 Å². The van der Waals surface area contributed by atoms with Crippen LogP contribution in [-0.2, 0) is 6.54 Å². The van der Waals surface area contributed by atoms with Crippen LogP contribution in [0, 0.1) is 6.92 Å². The highest BCUT2D eigenvalue weighted by molar-refractivity contribution is 6.32. The molecule has 5 rings (SSSR count). The third kappa shape index (κ3) is 4.74. The second-order valence-electron chi connectivity index (χ2n) is 9.43. The number of aryl methyl sites for hydroxylation is 1. The van der Waals surface area contributed by atoms with Crippen LogP contribution in [0.2, 0.25) is 5.02 Å². The lowest BCUT2D eigenvalue weighted by atomic mass is 9.97. The monoisotopic (exact) mass is 532 g/mol. The molecule has 0 spiro atoms. The number of pyridine rings is 1. The quantitative estimate of drug-likeness (QED) is 0.230. The number of unbranched alkanes of at least 4 members (excludes halogenated alkanes) is 2. The molecule has 0 saturated carbocycles. The molecule has 0 bridgehead atoms. The molecule has 1 aliphatic heterocycles. The number of rotatable bonds is 9. The predicted octanol–water partition coefficient (Wildman–Crippen LogP) is 6.47. The fourth-order valence-electron chi connectivity index (χ4n) is 4.85. The Bertz CT molecular complexity index is 1550. The summed E-state index contributed by atoms with van der Waals surface area (Å²) in [4.78, 5) is 33.4. The van der Waals surface area contributed by atoms with E-state index in [1.165, 1.54) is 0 Å². The molecule has 0 fully saturated rings. The van der Waals surface area contributed by atoms with Crippen LogP contribution < -0.4 is 14.9 Å². The van der Waals surface area contributed by atoms with E-state index < -0.39 is 6.04 Å². The number of benzene rings is 2. The molecule has 3 heterocycles. The smallest absolute Gasteiger partial charge is 0.291 e. The zero-order valence-corrected chi connectivity index (χ0v) is 22.4. The third-order valence-electron chi connectivity index (χ3n) is 6.83. The van der Waals surface area contributed by atoms with Crippen LogP contribution in [0.15, 0.2) is 64.1 Å². The van der Waals surface area contributed by atoms with E-state index in [1.807, 2.05) is 37.3 Å². The van der Waals surface area contributed by atoms with Crippen molar-refractivity contribution in [2.24, 2.45) is 0 Å². The lowest BCUT2D eigenvalue weighted by Crippen LogP contribution is -2.29. The van der Waals surface area contributed by atoms with Crippen LogP contribution in [-0.4, -0.2) is 29.5 Å². The van der Waals surface area contributed by atoms with Gasteiger partial charge < -0.3 is 18.8 Å². The Kier molecular flexibility index (Phi) is 7.38. The number of methoxy groups -OCH3 is 1. The van der Waals surface area contributed by atoms with Gasteiger partial charge in [-0.25, -0.2) is 0 Å². The Balaban J connectivity index is 1.64. The number of nitrogens with zero attached hydrogens (tertiary/aromatic N) is 2. The molecule has 2 aromatic heterocycles. The van der Waals surface area contributed by atoms with E-state index in [-0.39, 0.29) is 29.2 Å². The summed E-state index contributed by atoms with van der Waals surface area (Å²) in [6.45, 7) is 4.79. The first-order chi connectivity index (χ1) is 18.4. The summed E-state index contributed by atoms with van der Waals surface area (Å²) in [7, 11) is 1.57. The standard InChI is InChI=1S/C30H29ClN2O5/c1-4-5-6-12-37-23-10-9-20(14-25(23)36-3)27-26-28(34)21-15-22(31)18(2)13-24(21)38-29(26)30(35)33(27)17-19-8-7-11-32-16-19/h7-11,13-16,27H,4-6,12,17H2,1-3H3. The maximum absolute atomic E-state index is 13.9. The van der Waals surface area contributed by atoms with E-state index in [0.717, 1.165) is 30.4 Å². The van der Waals surface area contributed by atoms with Gasteiger partial charge in [-0.1, -0.05) is 43.5 Å². The molecule has 0 saturated heterocycles. The topological polar surface area (TPSA) is 81.9 Å². The molecule has 1 atom stereocenters. The van der Waals surface area contributed by atoms with Crippen LogP contribution >= 0.6 is 11.6 Å². The van der Waals surface area contributed by atoms with Gasteiger partial charge in [0.1, 0.15) is 5.58 Å². The van der Waals surface area contributed by atoms with Crippen LogP contribution in [0.3, 0.4) is 0 Å². The van der Waals surface area contributed by atoms with Crippen molar-refractivity contribution in [1.82, 2.24) is 9.88 Å². The first kappa shape index (κ1) is 25.8. The summed E-state index contributed by atoms with van der Waals surface area (Å²) >= 11 is 6.35. The molecule has 8 heteroatoms. The van der Waals surface area contributed by atoms with E-state index >= 15 is 0 Å². The Hall–Kier alpha value is -3.84. The average Bonchev–Trinajstić information content (AvgIpc) is 3.20. The van der Waals surface area contributed by atoms with Crippen molar-refractivity contribution in [2.45, 2.75) is 45.7 Å². The van der Waals surface area contributed by atoms with Crippen LogP contribution in [0.25, 0.3) is 11.0 Å². The lowest BCUT2D eigenvalue weighted by Gasteiger charge is -2.26. The maximum atomic E-state index is 13.9. The van der Waals surface area contributed by atoms with Crippen molar-refractivity contribution in [3.63, 3.8) is 0 Å². The van der Waals surface area contributed by atoms with Crippen molar-refractivity contribution < 1.29 is 18.7 Å². The van der Waals surface area contributed by atoms with Gasteiger partial charge in [-0.15, -0.1) is 0 Å². The van der Waals surface area contributed by atoms with Crippen molar-refractivity contribution in [1.29, 1.82) is 0 Å². The molecule has 1 aliphatic rings. The summed E-state index contributed by atoms with van der Waals surface area (Å²) in [6.07, 6.45) is 6.51. The zero-order chi connectivity index (χ0) is 26.8. The average molecular weight is 533 g/mol. The molecule has 0 N–H and O–H groups in total. The molecular formula is C30H29ClN2O5. The second-order valence-corrected chi connectivity index (χ2v) is 9.84. The van der Waals surface area contributed by atoms with Gasteiger partial charge >= 0.3 is 0 Å². The van der Waals surface area contributed by atoms with Gasteiger partial charge in [0, 0.05) is 24.0 Å². The molecule has 0 radical (unpaired) electrons. The normalized spacial score (nSPS) is 14.7. The molecule has 4 aromatic rings. The number of hydrogen-bond donors (Lipinski definition) is 0. The SMILES string of the molecule is CCCCCOc1ccc(C2c3c(oc4cc(C)c(Cl)cc4c3=O)C(=O)N2Cc2cccnc2)cc1OC. The highest BCUT2D eigenvalue weighted by Gasteiger charge is 2.43. The van der Waals surface area contributed by atoms with Crippen LogP contribution in [0.5, 0.6) is 11.5 Å². The Morgan fingerprint density at radius 1 is 1.11 bits per heavy atom. The largest absolute Gasteiger partial charge is 0.493 e. The van der Waals surface area contributed by atoms with Gasteiger partial charge in [-0.2, -0.15) is 0 Å². The summed E-state index contributed by atoms with van der Waals surface area (Å²) in [5.41, 5.74) is 2.63. The Morgan fingerprint density at radius 3 is 2.68 bits per heavy atom. The van der Waals surface area contributed by atoms with E-state index in [2.05, 4.69) is 11.9 Å². The molecule has 196 valence electrons. The maximum Gasteiger partial charge on any atom is 0.291 e. The Labute approximate surface area is 226 Å². The van der Waals surface area contributed by atoms with E-state index in [0.29, 0.717) is 39.7 Å². The lowest BCUT2D eigenvalue weighted by molar-refractivity contribution is 0.0714. The minimum absolute atomic E-state index is 0.0389. The minimum Gasteiger partial charge on any atom is -0.493 e. The number of halogens is 1. The number of carbonyl (C=O) groups excluding carboxylic acids is 1. The van der Waals surface area contributed by atoms with E-state index in [9.17, 15) is 9.59 Å². The van der Waals surface area contributed by atoms with E-state index in [1.54, 1.807) is 36.5 Å². The van der Waals surface area contributed by atoms with Crippen molar-refractivity contribution >= 4 is 28.5 Å². The van der Waals surface area contributed by atoms with Gasteiger partial charge in [0.15, 0.2) is 16.9 Å². The molecule has 0 aliphatic carbocycles. The van der Waals surface area contributed by atoms with Gasteiger partial charge in [0.2, 0.25) is 5.76 Å². The number of aromatic nitrogens is 1. The van der Waals surface area contributed by atoms with Crippen molar-refractivity contribution in [2.75, 3.05) is 13.7 Å².